The number of hydrogen-bond acceptors (Lipinski definition) is 6. The number of hydrogen-bond donors (Lipinski definition) is 1. The summed E-state index contributed by atoms with van der Waals surface area (Å²) in [6.07, 6.45) is 0. The van der Waals surface area contributed by atoms with Crippen LogP contribution in [-0.2, 0) is 0 Å². The van der Waals surface area contributed by atoms with Crippen molar-refractivity contribution >= 4 is 5.69 Å². The summed E-state index contributed by atoms with van der Waals surface area (Å²) in [5.41, 5.74) is 5.85. The molecule has 72 valence electrons. The Labute approximate surface area is 75.6 Å². The Bertz CT molecular complexity index is 278. The van der Waals surface area contributed by atoms with Gasteiger partial charge in [-0.2, -0.15) is 9.97 Å². The van der Waals surface area contributed by atoms with E-state index in [0.717, 1.165) is 0 Å². The van der Waals surface area contributed by atoms with E-state index >= 15 is 0 Å². The van der Waals surface area contributed by atoms with Gasteiger partial charge in [-0.3, -0.25) is 0 Å². The van der Waals surface area contributed by atoms with Crippen molar-refractivity contribution < 1.29 is 14.2 Å². The fraction of sp³-hybridized carbons (Fsp3) is 0.429. The van der Waals surface area contributed by atoms with E-state index in [0.29, 0.717) is 0 Å². The van der Waals surface area contributed by atoms with Crippen LogP contribution in [0.5, 0.6) is 17.8 Å². The summed E-state index contributed by atoms with van der Waals surface area (Å²) in [6, 6.07) is 0.155. The minimum absolute atomic E-state index is 0.155. The van der Waals surface area contributed by atoms with Gasteiger partial charge < -0.3 is 19.9 Å². The van der Waals surface area contributed by atoms with Crippen LogP contribution in [0.15, 0.2) is 0 Å². The molecule has 0 saturated heterocycles. The maximum atomic E-state index is 5.60. The van der Waals surface area contributed by atoms with Crippen molar-refractivity contribution in [3.8, 4) is 17.8 Å². The van der Waals surface area contributed by atoms with Crippen LogP contribution >= 0.6 is 0 Å². The molecule has 13 heavy (non-hydrogen) atoms. The number of anilines is 1. The van der Waals surface area contributed by atoms with Gasteiger partial charge in [0.15, 0.2) is 5.69 Å². The molecule has 0 fully saturated rings. The highest BCUT2D eigenvalue weighted by molar-refractivity contribution is 5.56. The van der Waals surface area contributed by atoms with Gasteiger partial charge in [-0.15, -0.1) is 0 Å². The van der Waals surface area contributed by atoms with Crippen molar-refractivity contribution in [3.63, 3.8) is 0 Å². The van der Waals surface area contributed by atoms with E-state index in [1.54, 1.807) is 0 Å². The highest BCUT2D eigenvalue weighted by Gasteiger charge is 2.12. The molecule has 0 aliphatic carbocycles. The lowest BCUT2D eigenvalue weighted by molar-refractivity contribution is 0.332. The van der Waals surface area contributed by atoms with Crippen LogP contribution < -0.4 is 19.9 Å². The van der Waals surface area contributed by atoms with Gasteiger partial charge in [0.2, 0.25) is 11.8 Å². The van der Waals surface area contributed by atoms with Crippen molar-refractivity contribution in [2.24, 2.45) is 0 Å². The average Bonchev–Trinajstić information content (AvgIpc) is 2.18. The second-order valence-electron chi connectivity index (χ2n) is 2.14. The first-order chi connectivity index (χ1) is 6.22. The Morgan fingerprint density at radius 2 is 1.38 bits per heavy atom. The molecule has 0 radical (unpaired) electrons. The Morgan fingerprint density at radius 3 is 1.69 bits per heavy atom. The summed E-state index contributed by atoms with van der Waals surface area (Å²) in [6.45, 7) is 0. The van der Waals surface area contributed by atoms with Crippen LogP contribution in [-0.4, -0.2) is 31.3 Å². The Balaban J connectivity index is 3.20. The number of aromatic nitrogens is 2. The molecule has 0 aliphatic heterocycles. The van der Waals surface area contributed by atoms with Crippen LogP contribution in [0.2, 0.25) is 0 Å². The monoisotopic (exact) mass is 185 g/mol. The molecule has 1 aromatic heterocycles. The maximum Gasteiger partial charge on any atom is 0.322 e. The van der Waals surface area contributed by atoms with Gasteiger partial charge >= 0.3 is 6.01 Å². The molecule has 6 heteroatoms. The predicted octanol–water partition coefficient (Wildman–Crippen LogP) is 0.0846. The number of nitrogens with two attached hydrogens (primary N) is 1. The zero-order valence-corrected chi connectivity index (χ0v) is 7.70. The molecular formula is C7H11N3O3. The van der Waals surface area contributed by atoms with E-state index in [1.165, 1.54) is 21.3 Å². The summed E-state index contributed by atoms with van der Waals surface area (Å²) in [5.74, 6) is 0.479. The van der Waals surface area contributed by atoms with E-state index < -0.39 is 0 Å². The number of rotatable bonds is 3. The first-order valence-corrected chi connectivity index (χ1v) is 3.52. The largest absolute Gasteiger partial charge is 0.479 e. The second kappa shape index (κ2) is 3.79. The molecule has 1 heterocycles. The topological polar surface area (TPSA) is 79.5 Å². The normalized spacial score (nSPS) is 9.46. The van der Waals surface area contributed by atoms with Crippen LogP contribution in [0.4, 0.5) is 5.69 Å². The summed E-state index contributed by atoms with van der Waals surface area (Å²) in [7, 11) is 4.36. The van der Waals surface area contributed by atoms with Crippen molar-refractivity contribution in [2.75, 3.05) is 27.1 Å². The lowest BCUT2D eigenvalue weighted by Gasteiger charge is -2.08. The lowest BCUT2D eigenvalue weighted by Crippen LogP contribution is -2.03. The fourth-order valence-electron chi connectivity index (χ4n) is 0.813. The highest BCUT2D eigenvalue weighted by Crippen LogP contribution is 2.29. The van der Waals surface area contributed by atoms with Crippen LogP contribution in [0.1, 0.15) is 0 Å². The van der Waals surface area contributed by atoms with Crippen LogP contribution in [0, 0.1) is 0 Å². The van der Waals surface area contributed by atoms with Crippen molar-refractivity contribution in [1.29, 1.82) is 0 Å². The van der Waals surface area contributed by atoms with Crippen LogP contribution in [0.25, 0.3) is 0 Å². The molecular weight excluding hydrogens is 174 g/mol. The van der Waals surface area contributed by atoms with E-state index in [4.69, 9.17) is 19.9 Å². The van der Waals surface area contributed by atoms with Crippen molar-refractivity contribution in [2.45, 2.75) is 0 Å². The first kappa shape index (κ1) is 9.37. The molecule has 0 aromatic carbocycles. The second-order valence-corrected chi connectivity index (χ2v) is 2.14. The van der Waals surface area contributed by atoms with Crippen molar-refractivity contribution in [1.82, 2.24) is 9.97 Å². The number of nitrogens with zero attached hydrogens (tertiary/aromatic N) is 2. The van der Waals surface area contributed by atoms with E-state index in [2.05, 4.69) is 9.97 Å². The van der Waals surface area contributed by atoms with E-state index in [-0.39, 0.29) is 23.5 Å². The third kappa shape index (κ3) is 1.71. The first-order valence-electron chi connectivity index (χ1n) is 3.52. The van der Waals surface area contributed by atoms with Gasteiger partial charge in [0.1, 0.15) is 0 Å². The summed E-state index contributed by atoms with van der Waals surface area (Å²) in [5, 5.41) is 0. The van der Waals surface area contributed by atoms with Gasteiger partial charge in [0.05, 0.1) is 21.3 Å². The van der Waals surface area contributed by atoms with E-state index in [1.807, 2.05) is 0 Å². The average molecular weight is 185 g/mol. The highest BCUT2D eigenvalue weighted by atomic mass is 16.5. The minimum atomic E-state index is 0.155. The van der Waals surface area contributed by atoms with Crippen LogP contribution in [0.3, 0.4) is 0 Å². The summed E-state index contributed by atoms with van der Waals surface area (Å²) < 4.78 is 14.6. The van der Waals surface area contributed by atoms with E-state index in [9.17, 15) is 0 Å². The standard InChI is InChI=1S/C7H11N3O3/c1-11-5-4(8)6(12-2)10-7(9-5)13-3/h8H2,1-3H3. The SMILES string of the molecule is COc1nc(OC)c(N)c(OC)n1. The Morgan fingerprint density at radius 1 is 0.923 bits per heavy atom. The molecule has 1 rings (SSSR count). The van der Waals surface area contributed by atoms with Gasteiger partial charge in [-0.05, 0) is 0 Å². The number of methoxy groups -OCH3 is 3. The quantitative estimate of drug-likeness (QED) is 0.718. The Hall–Kier alpha value is -1.72. The minimum Gasteiger partial charge on any atom is -0.479 e. The molecule has 0 bridgehead atoms. The zero-order valence-electron chi connectivity index (χ0n) is 7.70. The van der Waals surface area contributed by atoms with Crippen molar-refractivity contribution in [3.05, 3.63) is 0 Å². The molecule has 0 aliphatic rings. The summed E-state index contributed by atoms with van der Waals surface area (Å²) in [4.78, 5) is 7.71. The molecule has 1 aromatic rings. The maximum absolute atomic E-state index is 5.60. The molecule has 0 amide bonds. The third-order valence-corrected chi connectivity index (χ3v) is 1.42. The third-order valence-electron chi connectivity index (χ3n) is 1.42. The Kier molecular flexibility index (Phi) is 2.73. The molecule has 0 spiro atoms. The summed E-state index contributed by atoms with van der Waals surface area (Å²) >= 11 is 0. The molecule has 0 saturated carbocycles. The van der Waals surface area contributed by atoms with Gasteiger partial charge in [0.25, 0.3) is 0 Å². The van der Waals surface area contributed by atoms with Gasteiger partial charge in [-0.25, -0.2) is 0 Å². The molecule has 0 atom stereocenters. The number of nitrogen functional groups attached to an aromatic ring is 1. The van der Waals surface area contributed by atoms with Gasteiger partial charge in [0, 0.05) is 0 Å². The smallest absolute Gasteiger partial charge is 0.322 e. The fourth-order valence-corrected chi connectivity index (χ4v) is 0.813. The predicted molar refractivity (Wildman–Crippen MR) is 46.1 cm³/mol. The molecule has 2 N–H and O–H groups in total. The zero-order chi connectivity index (χ0) is 9.84. The van der Waals surface area contributed by atoms with Gasteiger partial charge in [-0.1, -0.05) is 0 Å². The molecule has 0 unspecified atom stereocenters. The molecule has 6 nitrogen and oxygen atoms in total. The lowest BCUT2D eigenvalue weighted by atomic mass is 10.5. The number of ether oxygens (including phenoxy) is 3.